The van der Waals surface area contributed by atoms with Crippen molar-refractivity contribution >= 4 is 0 Å². The number of benzene rings is 1. The summed E-state index contributed by atoms with van der Waals surface area (Å²) in [6, 6.07) is 7.36. The van der Waals surface area contributed by atoms with Gasteiger partial charge in [-0.1, -0.05) is 56.7 Å². The summed E-state index contributed by atoms with van der Waals surface area (Å²) in [5.41, 5.74) is -4.17. The Morgan fingerprint density at radius 3 is 2.06 bits per heavy atom. The molecule has 7 rings (SSSR count). The Morgan fingerprint density at radius 1 is 0.833 bits per heavy atom. The third-order valence-electron chi connectivity index (χ3n) is 12.4. The van der Waals surface area contributed by atoms with E-state index in [1.807, 2.05) is 45.0 Å². The molecule has 0 amide bonds. The first-order chi connectivity index (χ1) is 22.0. The van der Waals surface area contributed by atoms with E-state index in [9.17, 15) is 23.4 Å². The monoisotopic (exact) mass is 682 g/mol. The SMILES string of the molecule is CC1(C)COC2(CCC3=C4[C@@H](CC[C@@]3(O)C2)[C@@H]2C=C[C@@](O)(C(F)(F)C(F)(F)F)[C@@]2(C)C[C@@H]4c2ccc(C3(C)OCC(C)(C)O3)cc2)OC1. The fourth-order valence-electron chi connectivity index (χ4n) is 9.78. The normalized spacial score (nSPS) is 41.6. The molecule has 11 heteroatoms. The second-order valence-electron chi connectivity index (χ2n) is 17.1. The molecule has 6 nitrogen and oxygen atoms in total. The maximum absolute atomic E-state index is 15.4. The first-order valence-electron chi connectivity index (χ1n) is 17.0. The molecule has 0 bridgehead atoms. The summed E-state index contributed by atoms with van der Waals surface area (Å²) in [4.78, 5) is 0. The van der Waals surface area contributed by atoms with Crippen molar-refractivity contribution in [1.82, 2.24) is 0 Å². The van der Waals surface area contributed by atoms with Gasteiger partial charge in [-0.3, -0.25) is 0 Å². The quantitative estimate of drug-likeness (QED) is 0.252. The lowest BCUT2D eigenvalue weighted by atomic mass is 9.48. The minimum Gasteiger partial charge on any atom is -0.385 e. The summed E-state index contributed by atoms with van der Waals surface area (Å²) >= 11 is 0. The van der Waals surface area contributed by atoms with E-state index in [2.05, 4.69) is 13.8 Å². The molecule has 266 valence electrons. The van der Waals surface area contributed by atoms with Gasteiger partial charge < -0.3 is 29.2 Å². The van der Waals surface area contributed by atoms with Crippen LogP contribution in [0.4, 0.5) is 22.0 Å². The average Bonchev–Trinajstić information content (AvgIpc) is 3.45. The Labute approximate surface area is 278 Å². The second kappa shape index (κ2) is 10.3. The summed E-state index contributed by atoms with van der Waals surface area (Å²) in [5, 5.41) is 23.9. The highest BCUT2D eigenvalue weighted by Crippen LogP contribution is 2.69. The number of halogens is 5. The lowest BCUT2D eigenvalue weighted by molar-refractivity contribution is -0.353. The zero-order valence-corrected chi connectivity index (χ0v) is 28.5. The number of fused-ring (bicyclic) bond motifs is 4. The van der Waals surface area contributed by atoms with Crippen LogP contribution in [0.5, 0.6) is 0 Å². The van der Waals surface area contributed by atoms with Crippen molar-refractivity contribution in [3.63, 3.8) is 0 Å². The smallest absolute Gasteiger partial charge is 0.385 e. The Bertz CT molecular complexity index is 1520. The van der Waals surface area contributed by atoms with Crippen molar-refractivity contribution in [2.75, 3.05) is 19.8 Å². The van der Waals surface area contributed by atoms with Crippen molar-refractivity contribution in [3.05, 3.63) is 58.7 Å². The number of hydrogen-bond acceptors (Lipinski definition) is 6. The van der Waals surface area contributed by atoms with Crippen LogP contribution in [0.25, 0.3) is 0 Å². The molecular formula is C37H47F5O6. The first-order valence-corrected chi connectivity index (χ1v) is 17.0. The molecule has 1 unspecified atom stereocenters. The Morgan fingerprint density at radius 2 is 1.48 bits per heavy atom. The van der Waals surface area contributed by atoms with Gasteiger partial charge in [0.15, 0.2) is 17.2 Å². The van der Waals surface area contributed by atoms with Crippen LogP contribution in [0.15, 0.2) is 47.6 Å². The van der Waals surface area contributed by atoms with Crippen LogP contribution in [-0.4, -0.2) is 64.7 Å². The fraction of sp³-hybridized carbons (Fsp3) is 0.730. The molecule has 2 aliphatic heterocycles. The van der Waals surface area contributed by atoms with Gasteiger partial charge in [0, 0.05) is 35.2 Å². The maximum Gasteiger partial charge on any atom is 0.456 e. The van der Waals surface area contributed by atoms with E-state index in [0.29, 0.717) is 50.7 Å². The minimum atomic E-state index is -5.95. The van der Waals surface area contributed by atoms with Crippen LogP contribution in [0, 0.1) is 22.7 Å². The van der Waals surface area contributed by atoms with Crippen LogP contribution in [0.2, 0.25) is 0 Å². The Kier molecular flexibility index (Phi) is 7.45. The number of hydrogen-bond donors (Lipinski definition) is 2. The van der Waals surface area contributed by atoms with E-state index in [1.54, 1.807) is 0 Å². The van der Waals surface area contributed by atoms with Crippen LogP contribution in [0.3, 0.4) is 0 Å². The summed E-state index contributed by atoms with van der Waals surface area (Å²) in [6.45, 7) is 12.5. The van der Waals surface area contributed by atoms with Crippen LogP contribution in [-0.2, 0) is 24.7 Å². The van der Waals surface area contributed by atoms with Crippen molar-refractivity contribution in [2.45, 2.75) is 126 Å². The zero-order valence-electron chi connectivity index (χ0n) is 28.5. The van der Waals surface area contributed by atoms with Crippen LogP contribution < -0.4 is 0 Å². The van der Waals surface area contributed by atoms with E-state index >= 15 is 8.78 Å². The number of allylic oxidation sites excluding steroid dienone is 2. The number of ether oxygens (including phenoxy) is 4. The highest BCUT2D eigenvalue weighted by Gasteiger charge is 2.78. The van der Waals surface area contributed by atoms with E-state index in [4.69, 9.17) is 18.9 Å². The molecule has 48 heavy (non-hydrogen) atoms. The molecule has 0 radical (unpaired) electrons. The Balaban J connectivity index is 1.32. The standard InChI is InChI=1S/C37H47F5O6/c1-29(2)19-46-34(47-20-29)15-12-27-28-24(11-14-33(27,43)18-34)26-13-16-35(44,36(38,39)37(40,41)42)31(26,5)17-25(28)22-7-9-23(10-8-22)32(6)45-21-30(3,4)48-32/h7-10,13,16,24-26,43-44H,11-12,14-15,17-21H2,1-6H3/t24-,25+,26-,31-,32?,33+,35-/m0/s1. The predicted octanol–water partition coefficient (Wildman–Crippen LogP) is 7.68. The van der Waals surface area contributed by atoms with Crippen molar-refractivity contribution in [1.29, 1.82) is 0 Å². The van der Waals surface area contributed by atoms with Gasteiger partial charge in [0.1, 0.15) is 0 Å². The minimum absolute atomic E-state index is 0.166. The van der Waals surface area contributed by atoms with Gasteiger partial charge in [-0.2, -0.15) is 22.0 Å². The topological polar surface area (TPSA) is 77.4 Å². The highest BCUT2D eigenvalue weighted by molar-refractivity contribution is 5.47. The lowest BCUT2D eigenvalue weighted by Gasteiger charge is -2.59. The molecule has 1 aromatic carbocycles. The van der Waals surface area contributed by atoms with Gasteiger partial charge in [-0.05, 0) is 75.5 Å². The molecular weight excluding hydrogens is 635 g/mol. The third-order valence-corrected chi connectivity index (χ3v) is 12.4. The predicted molar refractivity (Wildman–Crippen MR) is 166 cm³/mol. The average molecular weight is 683 g/mol. The third kappa shape index (κ3) is 4.92. The lowest BCUT2D eigenvalue weighted by Crippen LogP contribution is -2.65. The van der Waals surface area contributed by atoms with Gasteiger partial charge >= 0.3 is 12.1 Å². The number of alkyl halides is 5. The number of aliphatic hydroxyl groups is 2. The van der Waals surface area contributed by atoms with Gasteiger partial charge in [0.05, 0.1) is 31.0 Å². The van der Waals surface area contributed by atoms with Crippen molar-refractivity contribution in [3.8, 4) is 0 Å². The Hall–Kier alpha value is -1.89. The van der Waals surface area contributed by atoms with Crippen molar-refractivity contribution < 1.29 is 51.1 Å². The van der Waals surface area contributed by atoms with Gasteiger partial charge in [-0.25, -0.2) is 0 Å². The summed E-state index contributed by atoms with van der Waals surface area (Å²) in [6.07, 6.45) is -2.32. The van der Waals surface area contributed by atoms with E-state index in [1.165, 1.54) is 13.0 Å². The number of rotatable bonds is 3. The molecule has 1 spiro atoms. The first kappa shape index (κ1) is 34.6. The largest absolute Gasteiger partial charge is 0.456 e. The second-order valence-corrected chi connectivity index (χ2v) is 17.1. The molecule has 1 aromatic rings. The summed E-state index contributed by atoms with van der Waals surface area (Å²) in [5.74, 6) is -9.24. The highest BCUT2D eigenvalue weighted by atomic mass is 19.4. The molecule has 2 saturated heterocycles. The van der Waals surface area contributed by atoms with Gasteiger partial charge in [0.2, 0.25) is 0 Å². The van der Waals surface area contributed by atoms with Crippen LogP contribution >= 0.6 is 0 Å². The van der Waals surface area contributed by atoms with Crippen LogP contribution in [0.1, 0.15) is 97.1 Å². The van der Waals surface area contributed by atoms with E-state index < -0.39 is 63.6 Å². The molecule has 6 aliphatic rings. The van der Waals surface area contributed by atoms with E-state index in [-0.39, 0.29) is 24.7 Å². The molecule has 2 saturated carbocycles. The van der Waals surface area contributed by atoms with Gasteiger partial charge in [-0.15, -0.1) is 0 Å². The van der Waals surface area contributed by atoms with Gasteiger partial charge in [0.25, 0.3) is 0 Å². The molecule has 2 heterocycles. The summed E-state index contributed by atoms with van der Waals surface area (Å²) < 4.78 is 97.4. The maximum atomic E-state index is 15.4. The zero-order chi connectivity index (χ0) is 35.0. The molecule has 0 aromatic heterocycles. The summed E-state index contributed by atoms with van der Waals surface area (Å²) in [7, 11) is 0. The molecule has 4 aliphatic carbocycles. The molecule has 4 fully saturated rings. The fourth-order valence-corrected chi connectivity index (χ4v) is 9.78. The molecule has 7 atom stereocenters. The molecule has 2 N–H and O–H groups in total. The van der Waals surface area contributed by atoms with Crippen molar-refractivity contribution in [2.24, 2.45) is 22.7 Å². The van der Waals surface area contributed by atoms with E-state index in [0.717, 1.165) is 16.7 Å².